The lowest BCUT2D eigenvalue weighted by molar-refractivity contribution is -0.137. The molecule has 0 radical (unpaired) electrons. The first-order chi connectivity index (χ1) is 15.1. The second-order valence-electron chi connectivity index (χ2n) is 6.96. The highest BCUT2D eigenvalue weighted by molar-refractivity contribution is 7.92. The zero-order chi connectivity index (χ0) is 23.5. The Labute approximate surface area is 184 Å². The van der Waals surface area contributed by atoms with E-state index in [4.69, 9.17) is 4.74 Å². The summed E-state index contributed by atoms with van der Waals surface area (Å²) in [7, 11) is -2.78. The Balaban J connectivity index is 2.17. The number of hydrogen-bond donors (Lipinski definition) is 3. The molecule has 32 heavy (non-hydrogen) atoms. The zero-order valence-corrected chi connectivity index (χ0v) is 18.2. The van der Waals surface area contributed by atoms with Gasteiger partial charge in [-0.1, -0.05) is 24.3 Å². The molecule has 0 saturated carbocycles. The van der Waals surface area contributed by atoms with Crippen molar-refractivity contribution in [2.75, 3.05) is 23.3 Å². The van der Waals surface area contributed by atoms with E-state index in [1.54, 1.807) is 24.3 Å². The second kappa shape index (κ2) is 9.15. The minimum atomic E-state index is -4.23. The van der Waals surface area contributed by atoms with Crippen LogP contribution < -0.4 is 14.4 Å². The molecule has 3 aromatic carbocycles. The van der Waals surface area contributed by atoms with Gasteiger partial charge in [-0.05, 0) is 43.3 Å². The van der Waals surface area contributed by atoms with Gasteiger partial charge in [0.15, 0.2) is 0 Å². The minimum Gasteiger partial charge on any atom is -0.497 e. The van der Waals surface area contributed by atoms with Crippen LogP contribution in [-0.2, 0) is 19.6 Å². The van der Waals surface area contributed by atoms with Gasteiger partial charge in [0.05, 0.1) is 17.7 Å². The largest absolute Gasteiger partial charge is 0.497 e. The van der Waals surface area contributed by atoms with Crippen molar-refractivity contribution in [3.8, 4) is 5.75 Å². The van der Waals surface area contributed by atoms with Gasteiger partial charge in [-0.25, -0.2) is 8.42 Å². The maximum atomic E-state index is 13.4. The van der Waals surface area contributed by atoms with Crippen LogP contribution in [0.2, 0.25) is 0 Å². The first-order valence-corrected chi connectivity index (χ1v) is 11.0. The summed E-state index contributed by atoms with van der Waals surface area (Å²) < 4.78 is 32.7. The maximum absolute atomic E-state index is 13.4. The summed E-state index contributed by atoms with van der Waals surface area (Å²) in [6.07, 6.45) is 0. The van der Waals surface area contributed by atoms with Crippen molar-refractivity contribution in [3.05, 3.63) is 60.7 Å². The molecule has 0 saturated heterocycles. The van der Waals surface area contributed by atoms with Crippen molar-refractivity contribution >= 4 is 44.1 Å². The Morgan fingerprint density at radius 1 is 1.00 bits per heavy atom. The highest BCUT2D eigenvalue weighted by Crippen LogP contribution is 2.35. The van der Waals surface area contributed by atoms with E-state index in [-0.39, 0.29) is 10.6 Å². The normalized spacial score (nSPS) is 12.2. The van der Waals surface area contributed by atoms with Crippen molar-refractivity contribution in [1.29, 1.82) is 0 Å². The number of carboxylic acids is 2. The van der Waals surface area contributed by atoms with Crippen LogP contribution in [0.4, 0.5) is 11.4 Å². The van der Waals surface area contributed by atoms with E-state index in [0.29, 0.717) is 22.2 Å². The van der Waals surface area contributed by atoms with E-state index in [1.165, 1.54) is 50.4 Å². The molecule has 0 bridgehead atoms. The van der Waals surface area contributed by atoms with Gasteiger partial charge < -0.3 is 20.3 Å². The molecule has 0 heterocycles. The van der Waals surface area contributed by atoms with Gasteiger partial charge in [0.1, 0.15) is 18.3 Å². The Morgan fingerprint density at radius 3 is 2.19 bits per heavy atom. The molecular weight excluding hydrogens is 436 g/mol. The maximum Gasteiger partial charge on any atom is 0.325 e. The summed E-state index contributed by atoms with van der Waals surface area (Å²) in [5.74, 6) is -1.91. The first kappa shape index (κ1) is 22.9. The number of benzene rings is 3. The summed E-state index contributed by atoms with van der Waals surface area (Å²) in [6, 6.07) is 14.5. The standard InChI is InChI=1S/C22H22N2O7S/c1-14(22(27)28)23-19-11-12-20(18-6-4-3-5-17(18)19)24(13-21(25)26)32(29,30)16-9-7-15(31-2)8-10-16/h3-12,14,23H,13H2,1-2H3,(H,25,26)(H,27,28)/t14-/m0/s1. The fourth-order valence-corrected chi connectivity index (χ4v) is 4.65. The number of methoxy groups -OCH3 is 1. The van der Waals surface area contributed by atoms with Gasteiger partial charge >= 0.3 is 11.9 Å². The van der Waals surface area contributed by atoms with Crippen LogP contribution in [0.3, 0.4) is 0 Å². The van der Waals surface area contributed by atoms with Crippen molar-refractivity contribution in [2.24, 2.45) is 0 Å². The zero-order valence-electron chi connectivity index (χ0n) is 17.3. The number of ether oxygens (including phenoxy) is 1. The lowest BCUT2D eigenvalue weighted by Gasteiger charge is -2.25. The van der Waals surface area contributed by atoms with E-state index in [2.05, 4.69) is 5.32 Å². The molecule has 10 heteroatoms. The fraction of sp³-hybridized carbons (Fsp3) is 0.182. The quantitative estimate of drug-likeness (QED) is 0.446. The van der Waals surface area contributed by atoms with E-state index >= 15 is 0 Å². The molecule has 3 rings (SSSR count). The number of aliphatic carboxylic acids is 2. The third kappa shape index (κ3) is 4.59. The average molecular weight is 458 g/mol. The van der Waals surface area contributed by atoms with E-state index in [9.17, 15) is 28.2 Å². The summed E-state index contributed by atoms with van der Waals surface area (Å²) in [6.45, 7) is 0.687. The highest BCUT2D eigenvalue weighted by atomic mass is 32.2. The van der Waals surface area contributed by atoms with Crippen molar-refractivity contribution in [3.63, 3.8) is 0 Å². The summed E-state index contributed by atoms with van der Waals surface area (Å²) in [4.78, 5) is 22.7. The lowest BCUT2D eigenvalue weighted by Crippen LogP contribution is -2.36. The number of anilines is 2. The van der Waals surface area contributed by atoms with Gasteiger partial charge in [-0.15, -0.1) is 0 Å². The number of sulfonamides is 1. The number of fused-ring (bicyclic) bond motifs is 1. The monoisotopic (exact) mass is 458 g/mol. The molecular formula is C22H22N2O7S. The van der Waals surface area contributed by atoms with E-state index in [1.807, 2.05) is 0 Å². The van der Waals surface area contributed by atoms with Crippen molar-refractivity contribution in [2.45, 2.75) is 17.9 Å². The van der Waals surface area contributed by atoms with Gasteiger partial charge in [0, 0.05) is 16.5 Å². The van der Waals surface area contributed by atoms with Gasteiger partial charge in [0.2, 0.25) is 0 Å². The van der Waals surface area contributed by atoms with Crippen molar-refractivity contribution in [1.82, 2.24) is 0 Å². The van der Waals surface area contributed by atoms with Crippen LogP contribution in [0.15, 0.2) is 65.6 Å². The number of nitrogens with one attached hydrogen (secondary N) is 1. The third-order valence-electron chi connectivity index (χ3n) is 4.84. The topological polar surface area (TPSA) is 133 Å². The van der Waals surface area contributed by atoms with Gasteiger partial charge in [0.25, 0.3) is 10.0 Å². The number of nitrogens with zero attached hydrogens (tertiary/aromatic N) is 1. The van der Waals surface area contributed by atoms with Crippen LogP contribution in [0, 0.1) is 0 Å². The van der Waals surface area contributed by atoms with Gasteiger partial charge in [-0.2, -0.15) is 0 Å². The molecule has 1 atom stereocenters. The summed E-state index contributed by atoms with van der Waals surface area (Å²) in [5.41, 5.74) is 0.642. The number of carbonyl (C=O) groups is 2. The lowest BCUT2D eigenvalue weighted by atomic mass is 10.1. The molecule has 0 amide bonds. The van der Waals surface area contributed by atoms with Crippen molar-refractivity contribution < 1.29 is 33.0 Å². The number of hydrogen-bond acceptors (Lipinski definition) is 6. The molecule has 0 aromatic heterocycles. The molecule has 0 unspecified atom stereocenters. The van der Waals surface area contributed by atoms with E-state index in [0.717, 1.165) is 4.31 Å². The van der Waals surface area contributed by atoms with Crippen LogP contribution in [0.5, 0.6) is 5.75 Å². The molecule has 0 aliphatic carbocycles. The van der Waals surface area contributed by atoms with E-state index < -0.39 is 34.5 Å². The molecule has 0 aliphatic heterocycles. The Morgan fingerprint density at radius 2 is 1.62 bits per heavy atom. The predicted octanol–water partition coefficient (Wildman–Crippen LogP) is 3.01. The Hall–Kier alpha value is -3.79. The number of carboxylic acid groups (broad SMARTS) is 2. The molecule has 0 spiro atoms. The Bertz CT molecular complexity index is 1260. The Kier molecular flexibility index (Phi) is 6.54. The predicted molar refractivity (Wildman–Crippen MR) is 120 cm³/mol. The molecule has 9 nitrogen and oxygen atoms in total. The molecule has 0 fully saturated rings. The minimum absolute atomic E-state index is 0.0923. The third-order valence-corrected chi connectivity index (χ3v) is 6.61. The smallest absolute Gasteiger partial charge is 0.325 e. The summed E-state index contributed by atoms with van der Waals surface area (Å²) >= 11 is 0. The first-order valence-electron chi connectivity index (χ1n) is 9.55. The van der Waals surface area contributed by atoms with Crippen LogP contribution in [-0.4, -0.2) is 50.3 Å². The highest BCUT2D eigenvalue weighted by Gasteiger charge is 2.29. The average Bonchev–Trinajstić information content (AvgIpc) is 2.77. The molecule has 0 aliphatic rings. The van der Waals surface area contributed by atoms with Gasteiger partial charge in [-0.3, -0.25) is 13.9 Å². The summed E-state index contributed by atoms with van der Waals surface area (Å²) in [5, 5.41) is 22.5. The molecule has 168 valence electrons. The second-order valence-corrected chi connectivity index (χ2v) is 8.83. The SMILES string of the molecule is COc1ccc(S(=O)(=O)N(CC(=O)O)c2ccc(N[C@@H](C)C(=O)O)c3ccccc23)cc1. The fourth-order valence-electron chi connectivity index (χ4n) is 3.22. The van der Waals surface area contributed by atoms with Crippen LogP contribution in [0.25, 0.3) is 10.8 Å². The van der Waals surface area contributed by atoms with Crippen LogP contribution >= 0.6 is 0 Å². The van der Waals surface area contributed by atoms with Crippen LogP contribution in [0.1, 0.15) is 6.92 Å². The molecule has 3 aromatic rings. The molecule has 3 N–H and O–H groups in total. The number of rotatable bonds is 9.